The summed E-state index contributed by atoms with van der Waals surface area (Å²) in [7, 11) is 0. The Bertz CT molecular complexity index is 452. The quantitative estimate of drug-likeness (QED) is 0.848. The summed E-state index contributed by atoms with van der Waals surface area (Å²) in [5.74, 6) is 0.745. The Morgan fingerprint density at radius 2 is 2.00 bits per heavy atom. The summed E-state index contributed by atoms with van der Waals surface area (Å²) < 4.78 is 0. The molecule has 0 aromatic heterocycles. The number of rotatable bonds is 5. The largest absolute Gasteiger partial charge is 0.352 e. The highest BCUT2D eigenvalue weighted by atomic mass is 16.1. The number of fused-ring (bicyclic) bond motifs is 1. The Labute approximate surface area is 114 Å². The summed E-state index contributed by atoms with van der Waals surface area (Å²) in [5.41, 5.74) is 2.91. The highest BCUT2D eigenvalue weighted by Gasteiger charge is 2.25. The van der Waals surface area contributed by atoms with Gasteiger partial charge in [0.25, 0.3) is 0 Å². The summed E-state index contributed by atoms with van der Waals surface area (Å²) in [6.07, 6.45) is 5.98. The van der Waals surface area contributed by atoms with Crippen LogP contribution in [0.2, 0.25) is 0 Å². The van der Waals surface area contributed by atoms with Gasteiger partial charge in [-0.05, 0) is 30.4 Å². The standard InChI is InChI=1S/C16H22N2O/c19-16(18-14-6-2-3-7-14)11-17-10-13-9-12-5-1-4-8-15(12)13/h1,4-5,8,13-14,17H,2-3,6-7,9-11H2,(H,18,19). The van der Waals surface area contributed by atoms with E-state index < -0.39 is 0 Å². The van der Waals surface area contributed by atoms with Gasteiger partial charge in [-0.25, -0.2) is 0 Å². The molecule has 1 saturated carbocycles. The molecule has 0 heterocycles. The number of hydrogen-bond donors (Lipinski definition) is 2. The molecular formula is C16H22N2O. The van der Waals surface area contributed by atoms with E-state index in [1.165, 1.54) is 24.0 Å². The molecule has 0 radical (unpaired) electrons. The summed E-state index contributed by atoms with van der Waals surface area (Å²) >= 11 is 0. The minimum absolute atomic E-state index is 0.152. The van der Waals surface area contributed by atoms with Crippen molar-refractivity contribution in [3.63, 3.8) is 0 Å². The molecule has 1 aromatic carbocycles. The van der Waals surface area contributed by atoms with E-state index in [1.807, 2.05) is 0 Å². The van der Waals surface area contributed by atoms with Gasteiger partial charge in [-0.15, -0.1) is 0 Å². The zero-order valence-electron chi connectivity index (χ0n) is 11.3. The van der Waals surface area contributed by atoms with Gasteiger partial charge in [0, 0.05) is 18.5 Å². The van der Waals surface area contributed by atoms with E-state index in [2.05, 4.69) is 34.9 Å². The lowest BCUT2D eigenvalue weighted by Gasteiger charge is -2.30. The van der Waals surface area contributed by atoms with Crippen LogP contribution in [-0.4, -0.2) is 25.0 Å². The highest BCUT2D eigenvalue weighted by Crippen LogP contribution is 2.33. The zero-order valence-corrected chi connectivity index (χ0v) is 11.3. The highest BCUT2D eigenvalue weighted by molar-refractivity contribution is 5.78. The van der Waals surface area contributed by atoms with Crippen LogP contribution in [-0.2, 0) is 11.2 Å². The molecular weight excluding hydrogens is 236 g/mol. The Morgan fingerprint density at radius 1 is 1.21 bits per heavy atom. The van der Waals surface area contributed by atoms with Crippen molar-refractivity contribution >= 4 is 5.91 Å². The molecule has 0 saturated heterocycles. The van der Waals surface area contributed by atoms with Crippen LogP contribution >= 0.6 is 0 Å². The second-order valence-corrected chi connectivity index (χ2v) is 5.78. The third-order valence-electron chi connectivity index (χ3n) is 4.36. The first-order valence-electron chi connectivity index (χ1n) is 7.41. The molecule has 3 heteroatoms. The van der Waals surface area contributed by atoms with E-state index in [1.54, 1.807) is 0 Å². The minimum Gasteiger partial charge on any atom is -0.352 e. The van der Waals surface area contributed by atoms with E-state index >= 15 is 0 Å². The first-order chi connectivity index (χ1) is 9.33. The van der Waals surface area contributed by atoms with Crippen molar-refractivity contribution in [3.05, 3.63) is 35.4 Å². The Morgan fingerprint density at radius 3 is 2.79 bits per heavy atom. The summed E-state index contributed by atoms with van der Waals surface area (Å²) in [4.78, 5) is 11.8. The topological polar surface area (TPSA) is 41.1 Å². The smallest absolute Gasteiger partial charge is 0.234 e. The van der Waals surface area contributed by atoms with Crippen molar-refractivity contribution in [1.29, 1.82) is 0 Å². The SMILES string of the molecule is O=C(CNCC1Cc2ccccc21)NC1CCCC1. The average molecular weight is 258 g/mol. The third kappa shape index (κ3) is 2.98. The maximum absolute atomic E-state index is 11.8. The van der Waals surface area contributed by atoms with Gasteiger partial charge in [-0.3, -0.25) is 4.79 Å². The normalized spacial score (nSPS) is 21.8. The second kappa shape index (κ2) is 5.74. The van der Waals surface area contributed by atoms with Crippen LogP contribution < -0.4 is 10.6 Å². The summed E-state index contributed by atoms with van der Waals surface area (Å²) in [5, 5.41) is 6.40. The van der Waals surface area contributed by atoms with Gasteiger partial charge < -0.3 is 10.6 Å². The minimum atomic E-state index is 0.152. The van der Waals surface area contributed by atoms with Crippen molar-refractivity contribution < 1.29 is 4.79 Å². The van der Waals surface area contributed by atoms with E-state index in [0.29, 0.717) is 18.5 Å². The zero-order chi connectivity index (χ0) is 13.1. The van der Waals surface area contributed by atoms with Gasteiger partial charge in [0.2, 0.25) is 5.91 Å². The molecule has 102 valence electrons. The lowest BCUT2D eigenvalue weighted by molar-refractivity contribution is -0.120. The van der Waals surface area contributed by atoms with Crippen LogP contribution in [0, 0.1) is 0 Å². The summed E-state index contributed by atoms with van der Waals surface area (Å²) in [6, 6.07) is 9.01. The third-order valence-corrected chi connectivity index (χ3v) is 4.36. The molecule has 1 aromatic rings. The first-order valence-corrected chi connectivity index (χ1v) is 7.41. The monoisotopic (exact) mass is 258 g/mol. The molecule has 1 amide bonds. The molecule has 3 nitrogen and oxygen atoms in total. The van der Waals surface area contributed by atoms with E-state index in [9.17, 15) is 4.79 Å². The Hall–Kier alpha value is -1.35. The predicted octanol–water partition coefficient (Wildman–Crippen LogP) is 1.97. The van der Waals surface area contributed by atoms with Crippen molar-refractivity contribution in [3.8, 4) is 0 Å². The van der Waals surface area contributed by atoms with E-state index in [-0.39, 0.29) is 5.91 Å². The summed E-state index contributed by atoms with van der Waals surface area (Å²) in [6.45, 7) is 1.37. The molecule has 2 N–H and O–H groups in total. The molecule has 3 rings (SSSR count). The number of benzene rings is 1. The number of carbonyl (C=O) groups is 1. The van der Waals surface area contributed by atoms with Gasteiger partial charge in [-0.1, -0.05) is 37.1 Å². The fourth-order valence-electron chi connectivity index (χ4n) is 3.25. The van der Waals surface area contributed by atoms with Gasteiger partial charge in [0.15, 0.2) is 0 Å². The maximum atomic E-state index is 11.8. The molecule has 0 bridgehead atoms. The van der Waals surface area contributed by atoms with E-state index in [4.69, 9.17) is 0 Å². The molecule has 0 aliphatic heterocycles. The second-order valence-electron chi connectivity index (χ2n) is 5.78. The van der Waals surface area contributed by atoms with Crippen molar-refractivity contribution in [1.82, 2.24) is 10.6 Å². The van der Waals surface area contributed by atoms with Crippen molar-refractivity contribution in [2.45, 2.75) is 44.1 Å². The Balaban J connectivity index is 1.36. The van der Waals surface area contributed by atoms with Crippen LogP contribution in [0.15, 0.2) is 24.3 Å². The number of nitrogens with one attached hydrogen (secondary N) is 2. The fraction of sp³-hybridized carbons (Fsp3) is 0.562. The molecule has 0 spiro atoms. The van der Waals surface area contributed by atoms with Gasteiger partial charge >= 0.3 is 0 Å². The van der Waals surface area contributed by atoms with Crippen molar-refractivity contribution in [2.24, 2.45) is 0 Å². The number of amides is 1. The molecule has 19 heavy (non-hydrogen) atoms. The lowest BCUT2D eigenvalue weighted by atomic mass is 9.77. The van der Waals surface area contributed by atoms with Crippen molar-refractivity contribution in [2.75, 3.05) is 13.1 Å². The fourth-order valence-corrected chi connectivity index (χ4v) is 3.25. The van der Waals surface area contributed by atoms with Gasteiger partial charge in [0.05, 0.1) is 6.54 Å². The Kier molecular flexibility index (Phi) is 3.83. The van der Waals surface area contributed by atoms with Gasteiger partial charge in [0.1, 0.15) is 0 Å². The lowest BCUT2D eigenvalue weighted by Crippen LogP contribution is -2.41. The van der Waals surface area contributed by atoms with Crippen LogP contribution in [0.5, 0.6) is 0 Å². The molecule has 1 fully saturated rings. The van der Waals surface area contributed by atoms with E-state index in [0.717, 1.165) is 25.8 Å². The maximum Gasteiger partial charge on any atom is 0.234 e. The van der Waals surface area contributed by atoms with Crippen LogP contribution in [0.25, 0.3) is 0 Å². The van der Waals surface area contributed by atoms with Crippen LogP contribution in [0.1, 0.15) is 42.7 Å². The first kappa shape index (κ1) is 12.7. The average Bonchev–Trinajstić information content (AvgIpc) is 2.87. The molecule has 1 unspecified atom stereocenters. The number of hydrogen-bond acceptors (Lipinski definition) is 2. The van der Waals surface area contributed by atoms with Crippen LogP contribution in [0.4, 0.5) is 0 Å². The molecule has 1 atom stereocenters. The number of carbonyl (C=O) groups excluding carboxylic acids is 1. The molecule has 2 aliphatic carbocycles. The predicted molar refractivity (Wildman–Crippen MR) is 76.2 cm³/mol. The molecule has 2 aliphatic rings. The van der Waals surface area contributed by atoms with Gasteiger partial charge in [-0.2, -0.15) is 0 Å². The van der Waals surface area contributed by atoms with Crippen LogP contribution in [0.3, 0.4) is 0 Å².